The SMILES string of the molecule is C=C(C)CNC(=NCC(=O)N(C)C)N(C)Cc1ccc(OC(F)F)cc1.I. The summed E-state index contributed by atoms with van der Waals surface area (Å²) in [6, 6.07) is 6.39. The summed E-state index contributed by atoms with van der Waals surface area (Å²) in [6.45, 7) is 3.91. The largest absolute Gasteiger partial charge is 0.435 e. The maximum atomic E-state index is 12.2. The van der Waals surface area contributed by atoms with Crippen LogP contribution in [0.5, 0.6) is 5.75 Å². The zero-order valence-corrected chi connectivity index (χ0v) is 18.4. The summed E-state index contributed by atoms with van der Waals surface area (Å²) in [7, 11) is 5.17. The van der Waals surface area contributed by atoms with Crippen LogP contribution in [0, 0.1) is 0 Å². The third kappa shape index (κ3) is 10.1. The molecule has 0 spiro atoms. The Labute approximate surface area is 176 Å². The molecule has 0 bridgehead atoms. The Morgan fingerprint density at radius 2 is 1.85 bits per heavy atom. The number of nitrogens with zero attached hydrogens (tertiary/aromatic N) is 3. The topological polar surface area (TPSA) is 57.2 Å². The van der Waals surface area contributed by atoms with E-state index in [4.69, 9.17) is 0 Å². The first kappa shape index (κ1) is 25.1. The molecule has 0 radical (unpaired) electrons. The van der Waals surface area contributed by atoms with Crippen molar-refractivity contribution in [1.82, 2.24) is 15.1 Å². The van der Waals surface area contributed by atoms with Crippen molar-refractivity contribution < 1.29 is 18.3 Å². The summed E-state index contributed by atoms with van der Waals surface area (Å²) in [5.41, 5.74) is 1.82. The normalized spacial score (nSPS) is 10.9. The Balaban J connectivity index is 0.00000676. The van der Waals surface area contributed by atoms with Crippen LogP contribution in [0.25, 0.3) is 0 Å². The molecule has 27 heavy (non-hydrogen) atoms. The number of nitrogens with one attached hydrogen (secondary N) is 1. The molecule has 1 rings (SSSR count). The molecule has 0 heterocycles. The van der Waals surface area contributed by atoms with Crippen molar-refractivity contribution in [3.63, 3.8) is 0 Å². The number of likely N-dealkylation sites (N-methyl/N-ethyl adjacent to an activating group) is 1. The lowest BCUT2D eigenvalue weighted by atomic mass is 10.2. The molecule has 0 aromatic heterocycles. The maximum absolute atomic E-state index is 12.2. The summed E-state index contributed by atoms with van der Waals surface area (Å²) >= 11 is 0. The highest BCUT2D eigenvalue weighted by Crippen LogP contribution is 2.15. The van der Waals surface area contributed by atoms with E-state index in [-0.39, 0.29) is 42.2 Å². The Morgan fingerprint density at radius 1 is 1.26 bits per heavy atom. The van der Waals surface area contributed by atoms with Gasteiger partial charge in [-0.3, -0.25) is 4.79 Å². The molecular weight excluding hydrogens is 469 g/mol. The fourth-order valence-electron chi connectivity index (χ4n) is 1.95. The van der Waals surface area contributed by atoms with Gasteiger partial charge in [0.05, 0.1) is 0 Å². The molecular formula is C18H27F2IN4O2. The van der Waals surface area contributed by atoms with Crippen LogP contribution in [0.15, 0.2) is 41.4 Å². The molecule has 1 amide bonds. The number of hydrogen-bond acceptors (Lipinski definition) is 3. The molecule has 152 valence electrons. The molecule has 0 unspecified atom stereocenters. The molecule has 1 aromatic rings. The van der Waals surface area contributed by atoms with Gasteiger partial charge in [0.15, 0.2) is 5.96 Å². The van der Waals surface area contributed by atoms with Crippen molar-refractivity contribution >= 4 is 35.8 Å². The number of alkyl halides is 2. The van der Waals surface area contributed by atoms with E-state index in [1.165, 1.54) is 17.0 Å². The number of amides is 1. The second-order valence-electron chi connectivity index (χ2n) is 6.12. The van der Waals surface area contributed by atoms with E-state index in [9.17, 15) is 13.6 Å². The first-order chi connectivity index (χ1) is 12.2. The Hall–Kier alpha value is -1.91. The van der Waals surface area contributed by atoms with E-state index in [1.807, 2.05) is 18.9 Å². The zero-order chi connectivity index (χ0) is 19.7. The molecule has 0 saturated heterocycles. The number of guanidine groups is 1. The Kier molecular flexibility index (Phi) is 11.6. The molecule has 1 aromatic carbocycles. The summed E-state index contributed by atoms with van der Waals surface area (Å²) in [4.78, 5) is 19.4. The second-order valence-corrected chi connectivity index (χ2v) is 6.12. The molecule has 0 fully saturated rings. The highest BCUT2D eigenvalue weighted by atomic mass is 127. The van der Waals surface area contributed by atoms with Gasteiger partial charge in [-0.25, -0.2) is 4.99 Å². The van der Waals surface area contributed by atoms with Crippen LogP contribution in [-0.4, -0.2) is 62.5 Å². The number of benzene rings is 1. The number of carbonyl (C=O) groups is 1. The van der Waals surface area contributed by atoms with Crippen LogP contribution >= 0.6 is 24.0 Å². The first-order valence-corrected chi connectivity index (χ1v) is 8.06. The molecule has 6 nitrogen and oxygen atoms in total. The zero-order valence-electron chi connectivity index (χ0n) is 16.0. The predicted octanol–water partition coefficient (Wildman–Crippen LogP) is 2.95. The molecule has 0 aliphatic heterocycles. The number of aliphatic imine (C=N–C) groups is 1. The first-order valence-electron chi connectivity index (χ1n) is 8.06. The van der Waals surface area contributed by atoms with Gasteiger partial charge in [0.1, 0.15) is 12.3 Å². The summed E-state index contributed by atoms with van der Waals surface area (Å²) in [5.74, 6) is 0.551. The smallest absolute Gasteiger partial charge is 0.387 e. The fraction of sp³-hybridized carbons (Fsp3) is 0.444. The highest BCUT2D eigenvalue weighted by Gasteiger charge is 2.10. The quantitative estimate of drug-likeness (QED) is 0.260. The molecule has 1 N–H and O–H groups in total. The third-order valence-corrected chi connectivity index (χ3v) is 3.34. The van der Waals surface area contributed by atoms with Gasteiger partial charge < -0.3 is 19.9 Å². The van der Waals surface area contributed by atoms with Gasteiger partial charge in [-0.1, -0.05) is 24.3 Å². The molecule has 0 atom stereocenters. The maximum Gasteiger partial charge on any atom is 0.387 e. The number of hydrogen-bond donors (Lipinski definition) is 1. The van der Waals surface area contributed by atoms with Gasteiger partial charge >= 0.3 is 6.61 Å². The number of rotatable bonds is 8. The van der Waals surface area contributed by atoms with Gasteiger partial charge in [0.25, 0.3) is 0 Å². The van der Waals surface area contributed by atoms with Crippen molar-refractivity contribution in [1.29, 1.82) is 0 Å². The molecule has 9 heteroatoms. The van der Waals surface area contributed by atoms with E-state index >= 15 is 0 Å². The van der Waals surface area contributed by atoms with E-state index in [0.29, 0.717) is 19.0 Å². The van der Waals surface area contributed by atoms with Gasteiger partial charge in [0, 0.05) is 34.2 Å². The monoisotopic (exact) mass is 496 g/mol. The minimum Gasteiger partial charge on any atom is -0.435 e. The number of carbonyl (C=O) groups excluding carboxylic acids is 1. The van der Waals surface area contributed by atoms with Crippen LogP contribution in [0.1, 0.15) is 12.5 Å². The van der Waals surface area contributed by atoms with Crippen LogP contribution in [0.4, 0.5) is 8.78 Å². The van der Waals surface area contributed by atoms with Crippen LogP contribution in [-0.2, 0) is 11.3 Å². The Morgan fingerprint density at radius 3 is 2.33 bits per heavy atom. The van der Waals surface area contributed by atoms with Gasteiger partial charge in [-0.2, -0.15) is 8.78 Å². The van der Waals surface area contributed by atoms with Crippen molar-refractivity contribution in [3.8, 4) is 5.75 Å². The molecule has 0 saturated carbocycles. The van der Waals surface area contributed by atoms with Crippen molar-refractivity contribution in [2.75, 3.05) is 34.2 Å². The van der Waals surface area contributed by atoms with Crippen LogP contribution in [0.2, 0.25) is 0 Å². The van der Waals surface area contributed by atoms with E-state index in [2.05, 4.69) is 21.6 Å². The van der Waals surface area contributed by atoms with Gasteiger partial charge in [-0.15, -0.1) is 24.0 Å². The van der Waals surface area contributed by atoms with Crippen LogP contribution in [0.3, 0.4) is 0 Å². The predicted molar refractivity (Wildman–Crippen MR) is 114 cm³/mol. The van der Waals surface area contributed by atoms with Gasteiger partial charge in [0.2, 0.25) is 5.91 Å². The van der Waals surface area contributed by atoms with Crippen molar-refractivity contribution in [2.24, 2.45) is 4.99 Å². The highest BCUT2D eigenvalue weighted by molar-refractivity contribution is 14.0. The standard InChI is InChI=1S/C18H26F2N4O2.HI/c1-13(2)10-21-18(22-11-16(25)23(3)4)24(5)12-14-6-8-15(9-7-14)26-17(19)20;/h6-9,17H,1,10-12H2,2-5H3,(H,21,22);1H. The molecule has 0 aliphatic carbocycles. The summed E-state index contributed by atoms with van der Waals surface area (Å²) < 4.78 is 28.7. The van der Waals surface area contributed by atoms with Crippen molar-refractivity contribution in [2.45, 2.75) is 20.1 Å². The number of ether oxygens (including phenoxy) is 1. The summed E-state index contributed by atoms with van der Waals surface area (Å²) in [6.07, 6.45) is 0. The Bertz CT molecular complexity index is 637. The lowest BCUT2D eigenvalue weighted by Gasteiger charge is -2.23. The molecule has 0 aliphatic rings. The van der Waals surface area contributed by atoms with Gasteiger partial charge in [-0.05, 0) is 24.6 Å². The summed E-state index contributed by atoms with van der Waals surface area (Å²) in [5, 5.41) is 3.15. The minimum absolute atomic E-state index is 0. The lowest BCUT2D eigenvalue weighted by Crippen LogP contribution is -2.40. The van der Waals surface area contributed by atoms with Crippen LogP contribution < -0.4 is 10.1 Å². The average Bonchev–Trinajstić information content (AvgIpc) is 2.55. The van der Waals surface area contributed by atoms with E-state index < -0.39 is 6.61 Å². The number of halogens is 3. The fourth-order valence-corrected chi connectivity index (χ4v) is 1.95. The van der Waals surface area contributed by atoms with E-state index in [0.717, 1.165) is 11.1 Å². The second kappa shape index (κ2) is 12.5. The minimum atomic E-state index is -2.84. The average molecular weight is 496 g/mol. The lowest BCUT2D eigenvalue weighted by molar-refractivity contribution is -0.127. The van der Waals surface area contributed by atoms with Crippen molar-refractivity contribution in [3.05, 3.63) is 42.0 Å². The van der Waals surface area contributed by atoms with E-state index in [1.54, 1.807) is 26.2 Å². The third-order valence-electron chi connectivity index (χ3n) is 3.34.